The molecule has 0 aliphatic rings. The van der Waals surface area contributed by atoms with Crippen LogP contribution >= 0.6 is 0 Å². The zero-order valence-corrected chi connectivity index (χ0v) is 10.4. The fourth-order valence-corrected chi connectivity index (χ4v) is 1.99. The van der Waals surface area contributed by atoms with Crippen molar-refractivity contribution in [2.24, 2.45) is 0 Å². The van der Waals surface area contributed by atoms with Crippen LogP contribution in [0.4, 0.5) is 0 Å². The highest BCUT2D eigenvalue weighted by Gasteiger charge is 2.14. The Kier molecular flexibility index (Phi) is 2.76. The average molecular weight is 252 g/mol. The Balaban J connectivity index is 2.09. The molecule has 94 valence electrons. The van der Waals surface area contributed by atoms with E-state index in [9.17, 15) is 4.79 Å². The van der Waals surface area contributed by atoms with E-state index in [1.165, 1.54) is 0 Å². The van der Waals surface area contributed by atoms with Gasteiger partial charge in [0.1, 0.15) is 17.1 Å². The van der Waals surface area contributed by atoms with E-state index in [1.807, 2.05) is 18.2 Å². The maximum Gasteiger partial charge on any atom is 0.211 e. The lowest BCUT2D eigenvalue weighted by Gasteiger charge is -2.03. The lowest BCUT2D eigenvalue weighted by molar-refractivity contribution is 0.103. The number of imidazole rings is 1. The molecule has 0 aliphatic carbocycles. The van der Waals surface area contributed by atoms with Gasteiger partial charge in [0.25, 0.3) is 0 Å². The molecule has 0 spiro atoms. The lowest BCUT2D eigenvalue weighted by atomic mass is 10.1. The average Bonchev–Trinajstić information content (AvgIpc) is 2.90. The van der Waals surface area contributed by atoms with Gasteiger partial charge in [0, 0.05) is 17.8 Å². The number of carbonyl (C=O) groups is 1. The fraction of sp³-hybridized carbons (Fsp3) is 0.0667. The molecule has 2 heterocycles. The maximum absolute atomic E-state index is 12.4. The Morgan fingerprint density at radius 1 is 1.21 bits per heavy atom. The number of carbonyl (C=O) groups excluding carboxylic acids is 1. The van der Waals surface area contributed by atoms with E-state index in [2.05, 4.69) is 4.98 Å². The summed E-state index contributed by atoms with van der Waals surface area (Å²) in [5, 5.41) is 0. The van der Waals surface area contributed by atoms with Crippen molar-refractivity contribution in [3.05, 3.63) is 66.1 Å². The molecule has 3 aromatic rings. The molecular formula is C15H12N2O2. The third-order valence-electron chi connectivity index (χ3n) is 2.99. The standard InChI is InChI=1S/C15H12N2O2/c1-19-12-7-8-17-13(10-16-14(17)9-12)15(18)11-5-3-2-4-6-11/h2-10H,1H3. The van der Waals surface area contributed by atoms with Gasteiger partial charge in [-0.1, -0.05) is 30.3 Å². The molecule has 2 aromatic heterocycles. The van der Waals surface area contributed by atoms with Crippen molar-refractivity contribution in [1.82, 2.24) is 9.38 Å². The molecule has 0 radical (unpaired) electrons. The summed E-state index contributed by atoms with van der Waals surface area (Å²) in [6.45, 7) is 0. The molecule has 1 aromatic carbocycles. The Morgan fingerprint density at radius 2 is 2.00 bits per heavy atom. The number of ether oxygens (including phenoxy) is 1. The molecule has 0 saturated carbocycles. The predicted octanol–water partition coefficient (Wildman–Crippen LogP) is 2.57. The van der Waals surface area contributed by atoms with Crippen LogP contribution < -0.4 is 4.74 Å². The van der Waals surface area contributed by atoms with Crippen LogP contribution in [-0.2, 0) is 0 Å². The molecule has 0 fully saturated rings. The molecule has 0 amide bonds. The van der Waals surface area contributed by atoms with E-state index < -0.39 is 0 Å². The number of ketones is 1. The van der Waals surface area contributed by atoms with Crippen molar-refractivity contribution in [3.63, 3.8) is 0 Å². The summed E-state index contributed by atoms with van der Waals surface area (Å²) in [5.41, 5.74) is 1.89. The topological polar surface area (TPSA) is 43.6 Å². The summed E-state index contributed by atoms with van der Waals surface area (Å²) in [4.78, 5) is 16.6. The zero-order valence-electron chi connectivity index (χ0n) is 10.4. The van der Waals surface area contributed by atoms with Gasteiger partial charge in [-0.3, -0.25) is 9.20 Å². The molecule has 0 N–H and O–H groups in total. The van der Waals surface area contributed by atoms with Gasteiger partial charge in [0.2, 0.25) is 5.78 Å². The van der Waals surface area contributed by atoms with Gasteiger partial charge >= 0.3 is 0 Å². The van der Waals surface area contributed by atoms with Crippen molar-refractivity contribution in [2.75, 3.05) is 7.11 Å². The predicted molar refractivity (Wildman–Crippen MR) is 71.6 cm³/mol. The van der Waals surface area contributed by atoms with E-state index in [0.717, 1.165) is 5.75 Å². The second-order valence-electron chi connectivity index (χ2n) is 4.13. The number of hydrogen-bond donors (Lipinski definition) is 0. The van der Waals surface area contributed by atoms with Crippen LogP contribution in [0.2, 0.25) is 0 Å². The Hall–Kier alpha value is -2.62. The second-order valence-corrected chi connectivity index (χ2v) is 4.13. The largest absolute Gasteiger partial charge is 0.497 e. The number of benzene rings is 1. The van der Waals surface area contributed by atoms with Crippen molar-refractivity contribution in [3.8, 4) is 5.75 Å². The Bertz CT molecular complexity index is 732. The number of methoxy groups -OCH3 is 1. The first-order chi connectivity index (χ1) is 9.29. The van der Waals surface area contributed by atoms with E-state index in [0.29, 0.717) is 16.9 Å². The first kappa shape index (κ1) is 11.5. The van der Waals surface area contributed by atoms with Gasteiger partial charge in [-0.05, 0) is 6.07 Å². The number of hydrogen-bond acceptors (Lipinski definition) is 3. The number of nitrogens with zero attached hydrogens (tertiary/aromatic N) is 2. The van der Waals surface area contributed by atoms with Crippen LogP contribution in [0, 0.1) is 0 Å². The summed E-state index contributed by atoms with van der Waals surface area (Å²) >= 11 is 0. The molecule has 3 rings (SSSR count). The zero-order chi connectivity index (χ0) is 13.2. The van der Waals surface area contributed by atoms with Gasteiger partial charge in [0.05, 0.1) is 13.3 Å². The van der Waals surface area contributed by atoms with Gasteiger partial charge in [-0.2, -0.15) is 0 Å². The Labute approximate surface area is 110 Å². The monoisotopic (exact) mass is 252 g/mol. The molecule has 0 atom stereocenters. The summed E-state index contributed by atoms with van der Waals surface area (Å²) in [6.07, 6.45) is 3.38. The molecule has 0 bridgehead atoms. The highest BCUT2D eigenvalue weighted by atomic mass is 16.5. The third kappa shape index (κ3) is 1.97. The minimum atomic E-state index is -0.0433. The molecule has 19 heavy (non-hydrogen) atoms. The quantitative estimate of drug-likeness (QED) is 0.673. The first-order valence-corrected chi connectivity index (χ1v) is 5.90. The Morgan fingerprint density at radius 3 is 2.74 bits per heavy atom. The van der Waals surface area contributed by atoms with E-state index in [-0.39, 0.29) is 5.78 Å². The number of pyridine rings is 1. The van der Waals surface area contributed by atoms with Gasteiger partial charge in [0.15, 0.2) is 0 Å². The summed E-state index contributed by atoms with van der Waals surface area (Å²) in [7, 11) is 1.60. The number of rotatable bonds is 3. The van der Waals surface area contributed by atoms with Crippen LogP contribution in [0.25, 0.3) is 5.65 Å². The summed E-state index contributed by atoms with van der Waals surface area (Å²) in [6, 6.07) is 12.8. The summed E-state index contributed by atoms with van der Waals surface area (Å²) in [5.74, 6) is 0.676. The molecule has 4 nitrogen and oxygen atoms in total. The van der Waals surface area contributed by atoms with Crippen LogP contribution in [0.15, 0.2) is 54.9 Å². The minimum Gasteiger partial charge on any atom is -0.497 e. The molecular weight excluding hydrogens is 240 g/mol. The molecule has 0 saturated heterocycles. The van der Waals surface area contributed by atoms with E-state index >= 15 is 0 Å². The molecule has 0 aliphatic heterocycles. The number of aromatic nitrogens is 2. The van der Waals surface area contributed by atoms with Gasteiger partial charge in [-0.25, -0.2) is 4.98 Å². The number of fused-ring (bicyclic) bond motifs is 1. The van der Waals surface area contributed by atoms with Crippen molar-refractivity contribution >= 4 is 11.4 Å². The highest BCUT2D eigenvalue weighted by molar-refractivity contribution is 6.08. The maximum atomic E-state index is 12.4. The van der Waals surface area contributed by atoms with E-state index in [4.69, 9.17) is 4.74 Å². The van der Waals surface area contributed by atoms with Crippen molar-refractivity contribution in [1.29, 1.82) is 0 Å². The lowest BCUT2D eigenvalue weighted by Crippen LogP contribution is -2.04. The first-order valence-electron chi connectivity index (χ1n) is 5.90. The highest BCUT2D eigenvalue weighted by Crippen LogP contribution is 2.17. The summed E-state index contributed by atoms with van der Waals surface area (Å²) < 4.78 is 6.90. The van der Waals surface area contributed by atoms with Crippen molar-refractivity contribution < 1.29 is 9.53 Å². The van der Waals surface area contributed by atoms with Crippen LogP contribution in [0.1, 0.15) is 16.1 Å². The second kappa shape index (κ2) is 4.57. The smallest absolute Gasteiger partial charge is 0.211 e. The molecule has 4 heteroatoms. The van der Waals surface area contributed by atoms with Gasteiger partial charge < -0.3 is 4.74 Å². The van der Waals surface area contributed by atoms with E-state index in [1.54, 1.807) is 48.2 Å². The fourth-order valence-electron chi connectivity index (χ4n) is 1.99. The van der Waals surface area contributed by atoms with Crippen LogP contribution in [0.3, 0.4) is 0 Å². The minimum absolute atomic E-state index is 0.0433. The normalized spacial score (nSPS) is 10.6. The van der Waals surface area contributed by atoms with Crippen molar-refractivity contribution in [2.45, 2.75) is 0 Å². The third-order valence-corrected chi connectivity index (χ3v) is 2.99. The van der Waals surface area contributed by atoms with Gasteiger partial charge in [-0.15, -0.1) is 0 Å². The van der Waals surface area contributed by atoms with Crippen LogP contribution in [-0.4, -0.2) is 22.3 Å². The SMILES string of the molecule is COc1ccn2c(C(=O)c3ccccc3)cnc2c1. The van der Waals surface area contributed by atoms with Crippen LogP contribution in [0.5, 0.6) is 5.75 Å². The molecule has 0 unspecified atom stereocenters.